The minimum absolute atomic E-state index is 0.0886. The first-order valence-corrected chi connectivity index (χ1v) is 7.33. The number of amides is 1. The Balaban J connectivity index is 1.91. The van der Waals surface area contributed by atoms with Crippen LogP contribution in [0.3, 0.4) is 0 Å². The van der Waals surface area contributed by atoms with E-state index in [-0.39, 0.29) is 17.7 Å². The van der Waals surface area contributed by atoms with Crippen molar-refractivity contribution in [2.75, 3.05) is 0 Å². The number of nitrogens with one attached hydrogen (secondary N) is 1. The summed E-state index contributed by atoms with van der Waals surface area (Å²) in [5.74, 6) is 0.0104. The van der Waals surface area contributed by atoms with Crippen LogP contribution in [0, 0.1) is 6.92 Å². The van der Waals surface area contributed by atoms with Gasteiger partial charge in [-0.2, -0.15) is 8.78 Å². The van der Waals surface area contributed by atoms with E-state index >= 15 is 0 Å². The van der Waals surface area contributed by atoms with Crippen LogP contribution in [0.4, 0.5) is 8.78 Å². The second-order valence-corrected chi connectivity index (χ2v) is 5.40. The van der Waals surface area contributed by atoms with Crippen molar-refractivity contribution in [3.63, 3.8) is 0 Å². The summed E-state index contributed by atoms with van der Waals surface area (Å²) in [6.07, 6.45) is 0.303. The molecule has 1 amide bonds. The van der Waals surface area contributed by atoms with Crippen LogP contribution >= 0.6 is 0 Å². The second-order valence-electron chi connectivity index (χ2n) is 5.40. The molecule has 0 aliphatic heterocycles. The molecule has 0 fully saturated rings. The van der Waals surface area contributed by atoms with E-state index in [1.54, 1.807) is 12.1 Å². The Morgan fingerprint density at radius 2 is 1.70 bits per heavy atom. The van der Waals surface area contributed by atoms with Crippen molar-refractivity contribution in [2.24, 2.45) is 0 Å². The van der Waals surface area contributed by atoms with E-state index in [0.717, 1.165) is 16.7 Å². The van der Waals surface area contributed by atoms with Gasteiger partial charge in [-0.3, -0.25) is 4.79 Å². The highest BCUT2D eigenvalue weighted by Gasteiger charge is 2.11. The summed E-state index contributed by atoms with van der Waals surface area (Å²) in [4.78, 5) is 12.1. The van der Waals surface area contributed by atoms with Crippen molar-refractivity contribution >= 4 is 5.91 Å². The molecule has 0 heterocycles. The van der Waals surface area contributed by atoms with Crippen molar-refractivity contribution in [2.45, 2.75) is 32.9 Å². The van der Waals surface area contributed by atoms with Crippen LogP contribution in [-0.2, 0) is 11.2 Å². The predicted molar refractivity (Wildman–Crippen MR) is 84.5 cm³/mol. The summed E-state index contributed by atoms with van der Waals surface area (Å²) in [6.45, 7) is 0.996. The molecule has 0 spiro atoms. The van der Waals surface area contributed by atoms with Crippen LogP contribution in [0.2, 0.25) is 0 Å². The van der Waals surface area contributed by atoms with Gasteiger partial charge in [0, 0.05) is 0 Å². The average Bonchev–Trinajstić information content (AvgIpc) is 2.49. The van der Waals surface area contributed by atoms with Gasteiger partial charge in [0.2, 0.25) is 5.91 Å². The molecular formula is C18H19F2NO2. The highest BCUT2D eigenvalue weighted by Crippen LogP contribution is 2.19. The molecule has 1 unspecified atom stereocenters. The standard InChI is InChI=1S/C18H19F2NO2/c1-12-3-5-14(6-4-12)11-17(22)21-13(2)15-7-9-16(10-8-15)23-18(19)20/h3-10,13,18H,11H2,1-2H3,(H,21,22). The number of alkyl halides is 2. The molecular weight excluding hydrogens is 300 g/mol. The lowest BCUT2D eigenvalue weighted by Crippen LogP contribution is -2.28. The molecule has 0 radical (unpaired) electrons. The molecule has 2 rings (SSSR count). The zero-order valence-corrected chi connectivity index (χ0v) is 13.1. The minimum Gasteiger partial charge on any atom is -0.435 e. The number of halogens is 2. The Labute approximate surface area is 134 Å². The van der Waals surface area contributed by atoms with Crippen LogP contribution in [0.15, 0.2) is 48.5 Å². The van der Waals surface area contributed by atoms with Crippen molar-refractivity contribution in [1.82, 2.24) is 5.32 Å². The third-order valence-corrected chi connectivity index (χ3v) is 3.47. The number of aryl methyl sites for hydroxylation is 1. The van der Waals surface area contributed by atoms with Gasteiger partial charge in [-0.15, -0.1) is 0 Å². The van der Waals surface area contributed by atoms with Crippen molar-refractivity contribution in [3.05, 3.63) is 65.2 Å². The van der Waals surface area contributed by atoms with Crippen molar-refractivity contribution in [3.8, 4) is 5.75 Å². The van der Waals surface area contributed by atoms with Gasteiger partial charge in [-0.05, 0) is 37.1 Å². The maximum absolute atomic E-state index is 12.1. The molecule has 5 heteroatoms. The topological polar surface area (TPSA) is 38.3 Å². The van der Waals surface area contributed by atoms with E-state index in [1.165, 1.54) is 12.1 Å². The van der Waals surface area contributed by atoms with Crippen LogP contribution < -0.4 is 10.1 Å². The van der Waals surface area contributed by atoms with Crippen LogP contribution in [0.25, 0.3) is 0 Å². The SMILES string of the molecule is Cc1ccc(CC(=O)NC(C)c2ccc(OC(F)F)cc2)cc1. The number of benzene rings is 2. The van der Waals surface area contributed by atoms with E-state index in [0.29, 0.717) is 6.42 Å². The Bertz CT molecular complexity index is 639. The van der Waals surface area contributed by atoms with Crippen LogP contribution in [0.1, 0.15) is 29.7 Å². The summed E-state index contributed by atoms with van der Waals surface area (Å²) in [5, 5.41) is 2.89. The molecule has 0 aliphatic rings. The van der Waals surface area contributed by atoms with Gasteiger partial charge in [-0.1, -0.05) is 42.0 Å². The van der Waals surface area contributed by atoms with Crippen molar-refractivity contribution in [1.29, 1.82) is 0 Å². The third kappa shape index (κ3) is 5.36. The molecule has 3 nitrogen and oxygen atoms in total. The summed E-state index contributed by atoms with van der Waals surface area (Å²) in [6, 6.07) is 13.8. The van der Waals surface area contributed by atoms with Gasteiger partial charge in [-0.25, -0.2) is 0 Å². The zero-order valence-electron chi connectivity index (χ0n) is 13.1. The largest absolute Gasteiger partial charge is 0.435 e. The first-order valence-electron chi connectivity index (χ1n) is 7.33. The Morgan fingerprint density at radius 3 is 2.26 bits per heavy atom. The summed E-state index contributed by atoms with van der Waals surface area (Å²) >= 11 is 0. The van der Waals surface area contributed by atoms with E-state index in [1.807, 2.05) is 38.1 Å². The molecule has 0 aliphatic carbocycles. The van der Waals surface area contributed by atoms with Gasteiger partial charge < -0.3 is 10.1 Å². The molecule has 1 atom stereocenters. The Kier molecular flexibility index (Phi) is 5.68. The maximum Gasteiger partial charge on any atom is 0.387 e. The number of rotatable bonds is 6. The lowest BCUT2D eigenvalue weighted by Gasteiger charge is -2.15. The predicted octanol–water partition coefficient (Wildman–Crippen LogP) is 4.02. The fourth-order valence-electron chi connectivity index (χ4n) is 2.21. The molecule has 1 N–H and O–H groups in total. The van der Waals surface area contributed by atoms with E-state index < -0.39 is 6.61 Å². The molecule has 2 aromatic carbocycles. The number of carbonyl (C=O) groups is 1. The second kappa shape index (κ2) is 7.72. The highest BCUT2D eigenvalue weighted by molar-refractivity contribution is 5.79. The van der Waals surface area contributed by atoms with Gasteiger partial charge in [0.25, 0.3) is 0 Å². The minimum atomic E-state index is -2.84. The maximum atomic E-state index is 12.1. The molecule has 2 aromatic rings. The molecule has 0 aromatic heterocycles. The molecule has 0 saturated heterocycles. The summed E-state index contributed by atoms with van der Waals surface area (Å²) < 4.78 is 28.5. The lowest BCUT2D eigenvalue weighted by molar-refractivity contribution is -0.121. The number of hydrogen-bond donors (Lipinski definition) is 1. The van der Waals surface area contributed by atoms with E-state index in [4.69, 9.17) is 0 Å². The Hall–Kier alpha value is -2.43. The summed E-state index contributed by atoms with van der Waals surface area (Å²) in [7, 11) is 0. The normalized spacial score (nSPS) is 12.0. The monoisotopic (exact) mass is 319 g/mol. The van der Waals surface area contributed by atoms with Crippen molar-refractivity contribution < 1.29 is 18.3 Å². The first-order chi connectivity index (χ1) is 10.9. The average molecular weight is 319 g/mol. The molecule has 0 saturated carbocycles. The fraction of sp³-hybridized carbons (Fsp3) is 0.278. The first kappa shape index (κ1) is 16.9. The third-order valence-electron chi connectivity index (χ3n) is 3.47. The number of carbonyl (C=O) groups excluding carboxylic acids is 1. The van der Waals surface area contributed by atoms with Crippen LogP contribution in [-0.4, -0.2) is 12.5 Å². The van der Waals surface area contributed by atoms with E-state index in [2.05, 4.69) is 10.1 Å². The van der Waals surface area contributed by atoms with Gasteiger partial charge in [0.05, 0.1) is 12.5 Å². The van der Waals surface area contributed by atoms with Gasteiger partial charge in [0.1, 0.15) is 5.75 Å². The molecule has 122 valence electrons. The number of ether oxygens (including phenoxy) is 1. The van der Waals surface area contributed by atoms with E-state index in [9.17, 15) is 13.6 Å². The zero-order chi connectivity index (χ0) is 16.8. The smallest absolute Gasteiger partial charge is 0.387 e. The molecule has 0 bridgehead atoms. The lowest BCUT2D eigenvalue weighted by atomic mass is 10.1. The summed E-state index contributed by atoms with van der Waals surface area (Å²) in [5.41, 5.74) is 2.92. The quantitative estimate of drug-likeness (QED) is 0.873. The number of hydrogen-bond acceptors (Lipinski definition) is 2. The Morgan fingerprint density at radius 1 is 1.09 bits per heavy atom. The van der Waals surface area contributed by atoms with Crippen LogP contribution in [0.5, 0.6) is 5.75 Å². The van der Waals surface area contributed by atoms with Gasteiger partial charge in [0.15, 0.2) is 0 Å². The fourth-order valence-corrected chi connectivity index (χ4v) is 2.21. The van der Waals surface area contributed by atoms with Gasteiger partial charge >= 0.3 is 6.61 Å². The molecule has 23 heavy (non-hydrogen) atoms. The highest BCUT2D eigenvalue weighted by atomic mass is 19.3.